The van der Waals surface area contributed by atoms with E-state index < -0.39 is 35.0 Å². The molecule has 0 radical (unpaired) electrons. The molecule has 6 nitrogen and oxygen atoms in total. The molecule has 1 saturated heterocycles. The highest BCUT2D eigenvalue weighted by atomic mass is 35.5. The zero-order valence-electron chi connectivity index (χ0n) is 18.4. The third kappa shape index (κ3) is 4.98. The molecule has 32 heavy (non-hydrogen) atoms. The Kier molecular flexibility index (Phi) is 8.25. The van der Waals surface area contributed by atoms with Crippen LogP contribution in [-0.2, 0) is 11.3 Å². The van der Waals surface area contributed by atoms with Gasteiger partial charge in [-0.05, 0) is 48.9 Å². The Morgan fingerprint density at radius 2 is 1.91 bits per heavy atom. The first-order valence-corrected chi connectivity index (χ1v) is 11.8. The summed E-state index contributed by atoms with van der Waals surface area (Å²) in [6, 6.07) is 2.10. The third-order valence-electron chi connectivity index (χ3n) is 7.16. The summed E-state index contributed by atoms with van der Waals surface area (Å²) >= 11 is 6.04. The number of likely N-dealkylation sites (tertiary alicyclic amines) is 1. The number of aliphatic hydroxyl groups is 1. The van der Waals surface area contributed by atoms with Crippen LogP contribution in [0.5, 0.6) is 0 Å². The fourth-order valence-electron chi connectivity index (χ4n) is 5.19. The van der Waals surface area contributed by atoms with E-state index in [9.17, 15) is 23.5 Å². The number of rotatable bonds is 6. The van der Waals surface area contributed by atoms with Crippen LogP contribution in [0.1, 0.15) is 69.0 Å². The second kappa shape index (κ2) is 10.5. The van der Waals surface area contributed by atoms with Gasteiger partial charge in [0.2, 0.25) is 0 Å². The summed E-state index contributed by atoms with van der Waals surface area (Å²) in [5.74, 6) is -0.592. The van der Waals surface area contributed by atoms with Crippen LogP contribution in [0.15, 0.2) is 18.2 Å². The maximum atomic E-state index is 13.5. The van der Waals surface area contributed by atoms with Crippen molar-refractivity contribution in [2.75, 3.05) is 6.54 Å². The Morgan fingerprint density at radius 3 is 2.50 bits per heavy atom. The van der Waals surface area contributed by atoms with Crippen LogP contribution in [0, 0.1) is 5.92 Å². The lowest BCUT2D eigenvalue weighted by Gasteiger charge is -2.36. The minimum absolute atomic E-state index is 0.0886. The smallest absolute Gasteiger partial charge is 0.379 e. The van der Waals surface area contributed by atoms with Crippen molar-refractivity contribution in [2.24, 2.45) is 11.7 Å². The van der Waals surface area contributed by atoms with Crippen molar-refractivity contribution >= 4 is 23.5 Å². The number of halogens is 3. The van der Waals surface area contributed by atoms with Crippen LogP contribution in [0.2, 0.25) is 5.02 Å². The maximum absolute atomic E-state index is 13.5. The van der Waals surface area contributed by atoms with Crippen LogP contribution in [-0.4, -0.2) is 46.6 Å². The normalized spacial score (nSPS) is 26.2. The van der Waals surface area contributed by atoms with E-state index in [1.54, 1.807) is 0 Å². The number of aliphatic hydroxyl groups excluding tert-OH is 1. The molecule has 0 aromatic heterocycles. The molecular weight excluding hydrogens is 440 g/mol. The summed E-state index contributed by atoms with van der Waals surface area (Å²) in [4.78, 5) is 26.9. The molecule has 2 fully saturated rings. The van der Waals surface area contributed by atoms with Gasteiger partial charge >= 0.3 is 11.9 Å². The standard InChI is InChI=1S/C23H32ClF2N3O3/c1-14-6-5-11-29(14,22(31)20(30)15-7-3-2-4-8-15)23(32)28-13-16-12-17(24)9-10-18(16)19(27)21(25)26/h9-10,12,14-15,19-21,30H,2-8,11,13,27H2,1H3/p+1/t14-,19?,20-,29?/m1/s1. The number of carbonyl (C=O) groups excluding carboxylic acids is 2. The van der Waals surface area contributed by atoms with Gasteiger partial charge in [-0.25, -0.2) is 18.4 Å². The lowest BCUT2D eigenvalue weighted by atomic mass is 9.84. The van der Waals surface area contributed by atoms with Gasteiger partial charge in [0.1, 0.15) is 6.04 Å². The van der Waals surface area contributed by atoms with Crippen molar-refractivity contribution < 1.29 is 28.0 Å². The summed E-state index contributed by atoms with van der Waals surface area (Å²) in [7, 11) is 0. The molecule has 1 heterocycles. The summed E-state index contributed by atoms with van der Waals surface area (Å²) in [5.41, 5.74) is 6.21. The van der Waals surface area contributed by atoms with Gasteiger partial charge in [-0.3, -0.25) is 0 Å². The van der Waals surface area contributed by atoms with Crippen LogP contribution in [0.3, 0.4) is 0 Å². The number of benzene rings is 1. The summed E-state index contributed by atoms with van der Waals surface area (Å²) in [5, 5.41) is 14.0. The quantitative estimate of drug-likeness (QED) is 0.539. The van der Waals surface area contributed by atoms with Crippen molar-refractivity contribution in [3.63, 3.8) is 0 Å². The van der Waals surface area contributed by atoms with E-state index >= 15 is 0 Å². The number of hydrogen-bond acceptors (Lipinski definition) is 4. The molecule has 3 amide bonds. The number of urea groups is 1. The largest absolute Gasteiger partial charge is 0.424 e. The zero-order valence-corrected chi connectivity index (χ0v) is 19.2. The third-order valence-corrected chi connectivity index (χ3v) is 7.39. The highest BCUT2D eigenvalue weighted by Gasteiger charge is 2.55. The van der Waals surface area contributed by atoms with Crippen LogP contribution >= 0.6 is 11.6 Å². The Bertz CT molecular complexity index is 835. The molecule has 3 rings (SSSR count). The number of nitrogens with two attached hydrogens (primary N) is 1. The Hall–Kier alpha value is -1.61. The SMILES string of the molecule is C[C@@H]1CCC[N+]1(C(=O)NCc1cc(Cl)ccc1C(N)C(F)F)C(=O)[C@H](O)C1CCCCC1. The molecule has 0 bridgehead atoms. The van der Waals surface area contributed by atoms with Gasteiger partial charge in [-0.1, -0.05) is 36.9 Å². The van der Waals surface area contributed by atoms with Gasteiger partial charge in [0.05, 0.1) is 12.6 Å². The van der Waals surface area contributed by atoms with E-state index in [1.165, 1.54) is 18.2 Å². The molecule has 178 valence electrons. The first-order valence-electron chi connectivity index (χ1n) is 11.4. The van der Waals surface area contributed by atoms with Crippen LogP contribution in [0.25, 0.3) is 0 Å². The molecule has 2 aliphatic rings. The Labute approximate surface area is 192 Å². The number of carbonyl (C=O) groups is 2. The zero-order chi connectivity index (χ0) is 23.5. The maximum Gasteiger partial charge on any atom is 0.424 e. The van der Waals surface area contributed by atoms with E-state index in [0.29, 0.717) is 30.0 Å². The number of imide groups is 1. The van der Waals surface area contributed by atoms with Gasteiger partial charge in [-0.15, -0.1) is 0 Å². The van der Waals surface area contributed by atoms with Crippen molar-refractivity contribution in [1.29, 1.82) is 0 Å². The number of nitrogens with one attached hydrogen (secondary N) is 1. The predicted molar refractivity (Wildman–Crippen MR) is 118 cm³/mol. The highest BCUT2D eigenvalue weighted by Crippen LogP contribution is 2.34. The monoisotopic (exact) mass is 472 g/mol. The second-order valence-electron chi connectivity index (χ2n) is 9.13. The van der Waals surface area contributed by atoms with Gasteiger partial charge in [0, 0.05) is 24.4 Å². The molecule has 1 aliphatic heterocycles. The van der Waals surface area contributed by atoms with Crippen LogP contribution < -0.4 is 11.1 Å². The van der Waals surface area contributed by atoms with E-state index in [1.807, 2.05) is 6.92 Å². The lowest BCUT2D eigenvalue weighted by Crippen LogP contribution is -2.66. The molecule has 4 atom stereocenters. The fraction of sp³-hybridized carbons (Fsp3) is 0.652. The molecule has 0 spiro atoms. The first-order chi connectivity index (χ1) is 15.2. The van der Waals surface area contributed by atoms with E-state index in [0.717, 1.165) is 32.1 Å². The van der Waals surface area contributed by atoms with Gasteiger partial charge in [0.15, 0.2) is 6.10 Å². The van der Waals surface area contributed by atoms with Gasteiger partial charge < -0.3 is 16.2 Å². The van der Waals surface area contributed by atoms with Gasteiger partial charge in [0.25, 0.3) is 6.43 Å². The highest BCUT2D eigenvalue weighted by molar-refractivity contribution is 6.30. The fourth-order valence-corrected chi connectivity index (χ4v) is 5.39. The van der Waals surface area contributed by atoms with E-state index in [2.05, 4.69) is 5.32 Å². The van der Waals surface area contributed by atoms with Gasteiger partial charge in [-0.2, -0.15) is 4.48 Å². The molecule has 1 aromatic carbocycles. The lowest BCUT2D eigenvalue weighted by molar-refractivity contribution is -0.787. The number of hydrogen-bond donors (Lipinski definition) is 3. The van der Waals surface area contributed by atoms with Crippen molar-refractivity contribution in [3.05, 3.63) is 34.3 Å². The Balaban J connectivity index is 1.81. The second-order valence-corrected chi connectivity index (χ2v) is 9.56. The van der Waals surface area contributed by atoms with E-state index in [-0.39, 0.29) is 24.1 Å². The number of amides is 3. The number of quaternary nitrogens is 1. The average Bonchev–Trinajstić information content (AvgIpc) is 3.18. The summed E-state index contributed by atoms with van der Waals surface area (Å²) in [6.07, 6.45) is 2.02. The van der Waals surface area contributed by atoms with Crippen molar-refractivity contribution in [1.82, 2.24) is 5.32 Å². The topological polar surface area (TPSA) is 92.4 Å². The average molecular weight is 473 g/mol. The minimum atomic E-state index is -2.77. The summed E-state index contributed by atoms with van der Waals surface area (Å²) < 4.78 is 25.9. The number of alkyl halides is 2. The first kappa shape index (κ1) is 25.0. The van der Waals surface area contributed by atoms with E-state index in [4.69, 9.17) is 17.3 Å². The molecule has 4 N–H and O–H groups in total. The Morgan fingerprint density at radius 1 is 1.22 bits per heavy atom. The summed E-state index contributed by atoms with van der Waals surface area (Å²) in [6.45, 7) is 2.07. The molecule has 1 saturated carbocycles. The molecule has 2 unspecified atom stereocenters. The van der Waals surface area contributed by atoms with Crippen LogP contribution in [0.4, 0.5) is 13.6 Å². The molecular formula is C23H33ClF2N3O3+. The molecule has 1 aromatic rings. The molecule has 9 heteroatoms. The molecule has 1 aliphatic carbocycles. The number of nitrogens with zero attached hydrogens (tertiary/aromatic N) is 1. The predicted octanol–water partition coefficient (Wildman–Crippen LogP) is 4.28. The minimum Gasteiger partial charge on any atom is -0.379 e. The van der Waals surface area contributed by atoms with Crippen molar-refractivity contribution in [3.8, 4) is 0 Å². The van der Waals surface area contributed by atoms with Crippen molar-refractivity contribution in [2.45, 2.75) is 83.0 Å².